The first kappa shape index (κ1) is 13.5. The Kier molecular flexibility index (Phi) is 6.10. The van der Waals surface area contributed by atoms with E-state index in [1.807, 2.05) is 0 Å². The van der Waals surface area contributed by atoms with E-state index in [0.717, 1.165) is 19.4 Å². The summed E-state index contributed by atoms with van der Waals surface area (Å²) in [5.74, 6) is -0.359. The highest BCUT2D eigenvalue weighted by Gasteiger charge is 2.03. The van der Waals surface area contributed by atoms with Crippen molar-refractivity contribution in [2.24, 2.45) is 0 Å². The van der Waals surface area contributed by atoms with Gasteiger partial charge in [0.25, 0.3) is 0 Å². The lowest BCUT2D eigenvalue weighted by molar-refractivity contribution is 0.0696. The molecule has 0 bridgehead atoms. The van der Waals surface area contributed by atoms with Gasteiger partial charge in [-0.05, 0) is 24.6 Å². The predicted octanol–water partition coefficient (Wildman–Crippen LogP) is 2.58. The molecule has 0 aliphatic rings. The molecule has 94 valence electrons. The normalized spacial score (nSPS) is 10.2. The molecule has 0 radical (unpaired) electrons. The number of aromatic carboxylic acids is 1. The third kappa shape index (κ3) is 5.36. The largest absolute Gasteiger partial charge is 0.493 e. The zero-order valence-corrected chi connectivity index (χ0v) is 10.0. The van der Waals surface area contributed by atoms with E-state index in [1.165, 1.54) is 6.07 Å². The van der Waals surface area contributed by atoms with E-state index in [9.17, 15) is 4.79 Å². The van der Waals surface area contributed by atoms with Crippen LogP contribution in [-0.4, -0.2) is 30.9 Å². The second-order valence-corrected chi connectivity index (χ2v) is 3.65. The summed E-state index contributed by atoms with van der Waals surface area (Å²) in [4.78, 5) is 10.7. The monoisotopic (exact) mass is 238 g/mol. The van der Waals surface area contributed by atoms with Crippen LogP contribution in [0.2, 0.25) is 0 Å². The first-order valence-electron chi connectivity index (χ1n) is 5.78. The quantitative estimate of drug-likeness (QED) is 0.707. The molecular weight excluding hydrogens is 220 g/mol. The van der Waals surface area contributed by atoms with Crippen LogP contribution in [0.25, 0.3) is 0 Å². The van der Waals surface area contributed by atoms with Crippen LogP contribution in [0.5, 0.6) is 5.75 Å². The lowest BCUT2D eigenvalue weighted by Gasteiger charge is -2.07. The van der Waals surface area contributed by atoms with Crippen molar-refractivity contribution in [2.75, 3.05) is 19.8 Å². The zero-order valence-electron chi connectivity index (χ0n) is 10.0. The van der Waals surface area contributed by atoms with Crippen LogP contribution in [0.15, 0.2) is 24.3 Å². The van der Waals surface area contributed by atoms with Crippen molar-refractivity contribution in [3.05, 3.63) is 29.8 Å². The summed E-state index contributed by atoms with van der Waals surface area (Å²) < 4.78 is 10.7. The third-order valence-corrected chi connectivity index (χ3v) is 2.13. The Hall–Kier alpha value is -1.55. The number of benzene rings is 1. The molecule has 0 aliphatic carbocycles. The average Bonchev–Trinajstić information content (AvgIpc) is 2.34. The van der Waals surface area contributed by atoms with Gasteiger partial charge in [0, 0.05) is 19.6 Å². The van der Waals surface area contributed by atoms with E-state index < -0.39 is 5.97 Å². The van der Waals surface area contributed by atoms with Gasteiger partial charge in [-0.15, -0.1) is 0 Å². The maximum absolute atomic E-state index is 10.7. The second kappa shape index (κ2) is 7.68. The molecule has 0 unspecified atom stereocenters. The number of rotatable bonds is 8. The molecule has 0 saturated heterocycles. The maximum atomic E-state index is 10.7. The summed E-state index contributed by atoms with van der Waals surface area (Å²) in [6.45, 7) is 4.04. The number of carboxylic acid groups (broad SMARTS) is 1. The molecule has 0 aliphatic heterocycles. The lowest BCUT2D eigenvalue weighted by atomic mass is 10.2. The van der Waals surface area contributed by atoms with E-state index in [1.54, 1.807) is 18.2 Å². The minimum atomic E-state index is -0.943. The van der Waals surface area contributed by atoms with Crippen molar-refractivity contribution in [2.45, 2.75) is 19.8 Å². The number of ether oxygens (including phenoxy) is 2. The molecule has 0 spiro atoms. The van der Waals surface area contributed by atoms with E-state index in [2.05, 4.69) is 6.92 Å². The predicted molar refractivity (Wildman–Crippen MR) is 64.6 cm³/mol. The van der Waals surface area contributed by atoms with Crippen LogP contribution >= 0.6 is 0 Å². The highest BCUT2D eigenvalue weighted by Crippen LogP contribution is 2.13. The SMILES string of the molecule is CCCOCCCOc1cccc(C(=O)O)c1. The summed E-state index contributed by atoms with van der Waals surface area (Å²) in [5, 5.41) is 8.80. The van der Waals surface area contributed by atoms with E-state index in [-0.39, 0.29) is 5.56 Å². The van der Waals surface area contributed by atoms with Crippen LogP contribution in [0.4, 0.5) is 0 Å². The highest BCUT2D eigenvalue weighted by atomic mass is 16.5. The van der Waals surface area contributed by atoms with Crippen LogP contribution in [-0.2, 0) is 4.74 Å². The zero-order chi connectivity index (χ0) is 12.5. The molecule has 1 aromatic carbocycles. The van der Waals surface area contributed by atoms with Crippen molar-refractivity contribution in [1.29, 1.82) is 0 Å². The molecule has 1 aromatic rings. The molecule has 0 fully saturated rings. The summed E-state index contributed by atoms with van der Waals surface area (Å²) in [5.41, 5.74) is 0.240. The Morgan fingerprint density at radius 2 is 2.12 bits per heavy atom. The molecule has 0 saturated carbocycles. The fourth-order valence-electron chi connectivity index (χ4n) is 1.32. The van der Waals surface area contributed by atoms with Gasteiger partial charge in [-0.25, -0.2) is 4.79 Å². The van der Waals surface area contributed by atoms with Crippen LogP contribution in [0.1, 0.15) is 30.1 Å². The molecule has 1 rings (SSSR count). The van der Waals surface area contributed by atoms with Crippen molar-refractivity contribution < 1.29 is 19.4 Å². The smallest absolute Gasteiger partial charge is 0.335 e. The van der Waals surface area contributed by atoms with Crippen molar-refractivity contribution in [3.8, 4) is 5.75 Å². The summed E-state index contributed by atoms with van der Waals surface area (Å²) in [6, 6.07) is 6.49. The summed E-state index contributed by atoms with van der Waals surface area (Å²) in [6.07, 6.45) is 1.82. The molecule has 17 heavy (non-hydrogen) atoms. The molecule has 0 atom stereocenters. The molecule has 4 heteroatoms. The Bertz CT molecular complexity index is 349. The van der Waals surface area contributed by atoms with Gasteiger partial charge >= 0.3 is 5.97 Å². The van der Waals surface area contributed by atoms with Crippen molar-refractivity contribution in [3.63, 3.8) is 0 Å². The Labute approximate surface area is 101 Å². The van der Waals surface area contributed by atoms with Crippen molar-refractivity contribution in [1.82, 2.24) is 0 Å². The Balaban J connectivity index is 2.27. The number of carboxylic acids is 1. The molecule has 0 amide bonds. The minimum absolute atomic E-state index is 0.240. The standard InChI is InChI=1S/C13H18O4/c1-2-7-16-8-4-9-17-12-6-3-5-11(10-12)13(14)15/h3,5-6,10H,2,4,7-9H2,1H3,(H,14,15). The fourth-order valence-corrected chi connectivity index (χ4v) is 1.32. The van der Waals surface area contributed by atoms with Gasteiger partial charge in [-0.1, -0.05) is 13.0 Å². The van der Waals surface area contributed by atoms with Gasteiger partial charge in [-0.2, -0.15) is 0 Å². The van der Waals surface area contributed by atoms with Gasteiger partial charge in [0.2, 0.25) is 0 Å². The van der Waals surface area contributed by atoms with Gasteiger partial charge < -0.3 is 14.6 Å². The van der Waals surface area contributed by atoms with Gasteiger partial charge in [-0.3, -0.25) is 0 Å². The van der Waals surface area contributed by atoms with Gasteiger partial charge in [0.1, 0.15) is 5.75 Å². The number of carbonyl (C=O) groups is 1. The van der Waals surface area contributed by atoms with Crippen LogP contribution in [0.3, 0.4) is 0 Å². The van der Waals surface area contributed by atoms with E-state index >= 15 is 0 Å². The van der Waals surface area contributed by atoms with Crippen molar-refractivity contribution >= 4 is 5.97 Å². The van der Waals surface area contributed by atoms with E-state index in [0.29, 0.717) is 19.0 Å². The number of hydrogen-bond donors (Lipinski definition) is 1. The summed E-state index contributed by atoms with van der Waals surface area (Å²) >= 11 is 0. The second-order valence-electron chi connectivity index (χ2n) is 3.65. The van der Waals surface area contributed by atoms with E-state index in [4.69, 9.17) is 14.6 Å². The minimum Gasteiger partial charge on any atom is -0.493 e. The Morgan fingerprint density at radius 1 is 1.29 bits per heavy atom. The molecule has 1 N–H and O–H groups in total. The molecular formula is C13H18O4. The third-order valence-electron chi connectivity index (χ3n) is 2.13. The topological polar surface area (TPSA) is 55.8 Å². The van der Waals surface area contributed by atoms with Gasteiger partial charge in [0.05, 0.1) is 12.2 Å². The average molecular weight is 238 g/mol. The van der Waals surface area contributed by atoms with Crippen LogP contribution in [0, 0.1) is 0 Å². The van der Waals surface area contributed by atoms with Gasteiger partial charge in [0.15, 0.2) is 0 Å². The maximum Gasteiger partial charge on any atom is 0.335 e. The van der Waals surface area contributed by atoms with Crippen LogP contribution < -0.4 is 4.74 Å². The fraction of sp³-hybridized carbons (Fsp3) is 0.462. The first-order valence-corrected chi connectivity index (χ1v) is 5.78. The lowest BCUT2D eigenvalue weighted by Crippen LogP contribution is -2.04. The molecule has 0 heterocycles. The molecule has 4 nitrogen and oxygen atoms in total. The highest BCUT2D eigenvalue weighted by molar-refractivity contribution is 5.87. The Morgan fingerprint density at radius 3 is 2.82 bits per heavy atom. The number of hydrogen-bond acceptors (Lipinski definition) is 3. The molecule has 0 aromatic heterocycles. The summed E-state index contributed by atoms with van der Waals surface area (Å²) in [7, 11) is 0. The first-order chi connectivity index (χ1) is 8.24.